The van der Waals surface area contributed by atoms with Crippen LogP contribution in [0.25, 0.3) is 0 Å². The number of esters is 1. The van der Waals surface area contributed by atoms with E-state index in [-0.39, 0.29) is 0 Å². The molecule has 0 atom stereocenters. The Hall–Kier alpha value is -1.72. The number of thiophene rings is 1. The second-order valence-corrected chi connectivity index (χ2v) is 5.52. The molecule has 1 aromatic heterocycles. The number of benzene rings is 1. The first-order chi connectivity index (χ1) is 9.61. The molecule has 2 rings (SSSR count). The van der Waals surface area contributed by atoms with Crippen LogP contribution in [0.15, 0.2) is 29.6 Å². The van der Waals surface area contributed by atoms with Gasteiger partial charge in [0, 0.05) is 17.1 Å². The van der Waals surface area contributed by atoms with Crippen LogP contribution in [0, 0.1) is 0 Å². The Balaban J connectivity index is 2.27. The molecule has 0 radical (unpaired) electrons. The van der Waals surface area contributed by atoms with Crippen LogP contribution in [-0.2, 0) is 11.3 Å². The van der Waals surface area contributed by atoms with Crippen LogP contribution >= 0.6 is 22.9 Å². The lowest BCUT2D eigenvalue weighted by atomic mass is 10.1. The number of nitrogens with one attached hydrogen (secondary N) is 1. The zero-order chi connectivity index (χ0) is 14.5. The van der Waals surface area contributed by atoms with E-state index >= 15 is 0 Å². The molecule has 0 bridgehead atoms. The summed E-state index contributed by atoms with van der Waals surface area (Å²) >= 11 is 7.80. The van der Waals surface area contributed by atoms with Gasteiger partial charge < -0.3 is 15.8 Å². The fourth-order valence-electron chi connectivity index (χ4n) is 1.77. The third-order valence-corrected chi connectivity index (χ3v) is 3.80. The molecule has 0 spiro atoms. The van der Waals surface area contributed by atoms with Crippen molar-refractivity contribution in [3.05, 3.63) is 45.1 Å². The number of carbonyl (C=O) groups excluding carboxylic acids is 1. The van der Waals surface area contributed by atoms with E-state index in [1.807, 2.05) is 17.5 Å². The molecular formula is C14H15ClN2O2S. The summed E-state index contributed by atoms with van der Waals surface area (Å²) in [5.41, 5.74) is 7.07. The first-order valence-electron chi connectivity index (χ1n) is 6.14. The van der Waals surface area contributed by atoms with Gasteiger partial charge in [-0.1, -0.05) is 17.7 Å². The average molecular weight is 311 g/mol. The third kappa shape index (κ3) is 3.43. The van der Waals surface area contributed by atoms with E-state index in [0.29, 0.717) is 35.1 Å². The average Bonchev–Trinajstić information content (AvgIpc) is 2.90. The lowest BCUT2D eigenvalue weighted by molar-refractivity contribution is 0.0527. The second kappa shape index (κ2) is 6.63. The SMILES string of the molecule is CCOC(=O)c1cc(N)cc(Cl)c1NCc1cccs1. The molecule has 0 aliphatic rings. The normalized spacial score (nSPS) is 10.3. The van der Waals surface area contributed by atoms with E-state index in [4.69, 9.17) is 22.1 Å². The number of nitrogen functional groups attached to an aromatic ring is 1. The first-order valence-corrected chi connectivity index (χ1v) is 7.40. The van der Waals surface area contributed by atoms with E-state index in [0.717, 1.165) is 4.88 Å². The number of anilines is 2. The van der Waals surface area contributed by atoms with Crippen molar-refractivity contribution >= 4 is 40.3 Å². The van der Waals surface area contributed by atoms with Crippen LogP contribution in [-0.4, -0.2) is 12.6 Å². The van der Waals surface area contributed by atoms with E-state index in [1.54, 1.807) is 30.4 Å². The van der Waals surface area contributed by atoms with Gasteiger partial charge in [-0.05, 0) is 30.5 Å². The van der Waals surface area contributed by atoms with Crippen molar-refractivity contribution in [1.82, 2.24) is 0 Å². The van der Waals surface area contributed by atoms with Gasteiger partial charge in [-0.3, -0.25) is 0 Å². The molecule has 0 amide bonds. The number of halogens is 1. The Bertz CT molecular complexity index is 599. The predicted molar refractivity (Wildman–Crippen MR) is 83.5 cm³/mol. The Morgan fingerprint density at radius 3 is 2.95 bits per heavy atom. The number of nitrogens with two attached hydrogens (primary N) is 1. The third-order valence-electron chi connectivity index (χ3n) is 2.63. The van der Waals surface area contributed by atoms with Gasteiger partial charge in [-0.2, -0.15) is 0 Å². The summed E-state index contributed by atoms with van der Waals surface area (Å²) < 4.78 is 5.03. The van der Waals surface area contributed by atoms with Crippen LogP contribution in [0.2, 0.25) is 5.02 Å². The second-order valence-electron chi connectivity index (χ2n) is 4.08. The Morgan fingerprint density at radius 1 is 1.50 bits per heavy atom. The molecule has 0 saturated heterocycles. The number of hydrogen-bond donors (Lipinski definition) is 2. The zero-order valence-corrected chi connectivity index (χ0v) is 12.6. The molecule has 2 aromatic rings. The fraction of sp³-hybridized carbons (Fsp3) is 0.214. The molecule has 1 heterocycles. The summed E-state index contributed by atoms with van der Waals surface area (Å²) in [4.78, 5) is 13.1. The maximum Gasteiger partial charge on any atom is 0.340 e. The molecule has 3 N–H and O–H groups in total. The lowest BCUT2D eigenvalue weighted by Gasteiger charge is -2.13. The first kappa shape index (κ1) is 14.7. The maximum atomic E-state index is 12.0. The summed E-state index contributed by atoms with van der Waals surface area (Å²) in [6, 6.07) is 7.16. The van der Waals surface area contributed by atoms with E-state index in [2.05, 4.69) is 5.32 Å². The molecule has 4 nitrogen and oxygen atoms in total. The van der Waals surface area contributed by atoms with Crippen molar-refractivity contribution in [3.8, 4) is 0 Å². The Kier molecular flexibility index (Phi) is 4.87. The summed E-state index contributed by atoms with van der Waals surface area (Å²) in [6.45, 7) is 2.65. The summed E-state index contributed by atoms with van der Waals surface area (Å²) in [5, 5.41) is 5.57. The minimum atomic E-state index is -0.435. The highest BCUT2D eigenvalue weighted by Crippen LogP contribution is 2.30. The van der Waals surface area contributed by atoms with E-state index in [9.17, 15) is 4.79 Å². The van der Waals surface area contributed by atoms with Gasteiger partial charge in [0.2, 0.25) is 0 Å². The highest BCUT2D eigenvalue weighted by Gasteiger charge is 2.16. The molecule has 106 valence electrons. The van der Waals surface area contributed by atoms with Crippen molar-refractivity contribution in [2.24, 2.45) is 0 Å². The number of ether oxygens (including phenoxy) is 1. The van der Waals surface area contributed by atoms with Gasteiger partial charge in [0.05, 0.1) is 22.9 Å². The summed E-state index contributed by atoms with van der Waals surface area (Å²) in [5.74, 6) is -0.435. The molecule has 20 heavy (non-hydrogen) atoms. The Labute approximate surface area is 126 Å². The van der Waals surface area contributed by atoms with Crippen molar-refractivity contribution in [1.29, 1.82) is 0 Å². The van der Waals surface area contributed by atoms with Gasteiger partial charge in [-0.15, -0.1) is 11.3 Å². The monoisotopic (exact) mass is 310 g/mol. The molecule has 0 saturated carbocycles. The topological polar surface area (TPSA) is 64.3 Å². The Morgan fingerprint density at radius 2 is 2.30 bits per heavy atom. The maximum absolute atomic E-state index is 12.0. The minimum absolute atomic E-state index is 0.301. The highest BCUT2D eigenvalue weighted by atomic mass is 35.5. The molecular weight excluding hydrogens is 296 g/mol. The standard InChI is InChI=1S/C14H15ClN2O2S/c1-2-19-14(18)11-6-9(16)7-12(15)13(11)17-8-10-4-3-5-20-10/h3-7,17H,2,8,16H2,1H3. The largest absolute Gasteiger partial charge is 0.462 e. The van der Waals surface area contributed by atoms with Crippen molar-refractivity contribution in [3.63, 3.8) is 0 Å². The van der Waals surface area contributed by atoms with E-state index < -0.39 is 5.97 Å². The van der Waals surface area contributed by atoms with Crippen LogP contribution in [0.4, 0.5) is 11.4 Å². The van der Waals surface area contributed by atoms with Crippen molar-refractivity contribution < 1.29 is 9.53 Å². The number of carbonyl (C=O) groups is 1. The fourth-order valence-corrected chi connectivity index (χ4v) is 2.70. The van der Waals surface area contributed by atoms with Crippen molar-refractivity contribution in [2.75, 3.05) is 17.7 Å². The molecule has 1 aromatic carbocycles. The van der Waals surface area contributed by atoms with E-state index in [1.165, 1.54) is 0 Å². The molecule has 0 fully saturated rings. The predicted octanol–water partition coefficient (Wildman–Crippen LogP) is 3.77. The number of rotatable bonds is 5. The van der Waals surface area contributed by atoms with Gasteiger partial charge in [0.15, 0.2) is 0 Å². The van der Waals surface area contributed by atoms with Crippen LogP contribution < -0.4 is 11.1 Å². The quantitative estimate of drug-likeness (QED) is 0.651. The lowest BCUT2D eigenvalue weighted by Crippen LogP contribution is -2.11. The van der Waals surface area contributed by atoms with Crippen LogP contribution in [0.5, 0.6) is 0 Å². The van der Waals surface area contributed by atoms with Gasteiger partial charge in [0.1, 0.15) is 0 Å². The summed E-state index contributed by atoms with van der Waals surface area (Å²) in [6.07, 6.45) is 0. The molecule has 0 unspecified atom stereocenters. The number of hydrogen-bond acceptors (Lipinski definition) is 5. The summed E-state index contributed by atoms with van der Waals surface area (Å²) in [7, 11) is 0. The van der Waals surface area contributed by atoms with Crippen LogP contribution in [0.1, 0.15) is 22.2 Å². The molecule has 0 aliphatic carbocycles. The van der Waals surface area contributed by atoms with Crippen molar-refractivity contribution in [2.45, 2.75) is 13.5 Å². The molecule has 0 aliphatic heterocycles. The van der Waals surface area contributed by atoms with Gasteiger partial charge >= 0.3 is 5.97 Å². The minimum Gasteiger partial charge on any atom is -0.462 e. The smallest absolute Gasteiger partial charge is 0.340 e. The van der Waals surface area contributed by atoms with Gasteiger partial charge in [0.25, 0.3) is 0 Å². The molecule has 6 heteroatoms. The zero-order valence-electron chi connectivity index (χ0n) is 11.0. The van der Waals surface area contributed by atoms with Crippen LogP contribution in [0.3, 0.4) is 0 Å². The van der Waals surface area contributed by atoms with Gasteiger partial charge in [-0.25, -0.2) is 4.79 Å². The highest BCUT2D eigenvalue weighted by molar-refractivity contribution is 7.09.